The summed E-state index contributed by atoms with van der Waals surface area (Å²) in [6, 6.07) is 52.8. The van der Waals surface area contributed by atoms with Gasteiger partial charge in [0.15, 0.2) is 6.29 Å². The normalized spacial score (nSPS) is 18.7. The fourth-order valence-corrected chi connectivity index (χ4v) is 9.76. The second kappa shape index (κ2) is 25.2. The zero-order valence-electron chi connectivity index (χ0n) is 42.1. The van der Waals surface area contributed by atoms with E-state index in [4.69, 9.17) is 37.6 Å². The van der Waals surface area contributed by atoms with Crippen molar-refractivity contribution in [3.8, 4) is 5.75 Å². The number of ether oxygens (including phenoxy) is 7. The molecule has 1 unspecified atom stereocenters. The lowest BCUT2D eigenvalue weighted by molar-refractivity contribution is -0.329. The zero-order chi connectivity index (χ0) is 52.1. The lowest BCUT2D eigenvalue weighted by Crippen LogP contribution is -2.61. The molecule has 14 heteroatoms. The number of carbonyl (C=O) groups is 4. The van der Waals surface area contributed by atoms with Crippen LogP contribution in [0, 0.1) is 0 Å². The third-order valence-electron chi connectivity index (χ3n) is 13.9. The molecular weight excluding hydrogens is 965 g/mol. The molecule has 0 N–H and O–H groups in total. The molecule has 0 spiro atoms. The SMILES string of the molecule is O=C(CCC(=O)N1CCN(C(=O)CCC(=O)Oc2ccc3ccc4c5cocc5ccc4c3c2)CC1)OC[C@H]1OC(OCc2ccccc2)[C@H](OCc2ccccc2)[C@@H](OCc2ccccc2)[C@@H]1OCc1ccccc1. The van der Waals surface area contributed by atoms with Crippen molar-refractivity contribution in [2.75, 3.05) is 32.8 Å². The molecule has 390 valence electrons. The first kappa shape index (κ1) is 51.8. The minimum atomic E-state index is -0.960. The van der Waals surface area contributed by atoms with E-state index in [0.717, 1.165) is 54.6 Å². The van der Waals surface area contributed by atoms with Gasteiger partial charge in [-0.2, -0.15) is 0 Å². The van der Waals surface area contributed by atoms with Crippen LogP contribution in [0.3, 0.4) is 0 Å². The maximum absolute atomic E-state index is 13.5. The summed E-state index contributed by atoms with van der Waals surface area (Å²) in [6.07, 6.45) is -1.08. The quantitative estimate of drug-likeness (QED) is 0.0383. The van der Waals surface area contributed by atoms with Crippen LogP contribution in [0.1, 0.15) is 47.9 Å². The molecule has 2 amide bonds. The zero-order valence-corrected chi connectivity index (χ0v) is 42.1. The Morgan fingerprint density at radius 1 is 0.447 bits per heavy atom. The minimum absolute atomic E-state index is 0.0301. The van der Waals surface area contributed by atoms with Gasteiger partial charge in [-0.15, -0.1) is 0 Å². The van der Waals surface area contributed by atoms with Crippen LogP contribution in [-0.4, -0.2) is 97.0 Å². The lowest BCUT2D eigenvalue weighted by Gasteiger charge is -2.45. The number of carbonyl (C=O) groups excluding carboxylic acids is 4. The number of nitrogens with zero attached hydrogens (tertiary/aromatic N) is 2. The number of rotatable bonds is 21. The molecule has 8 aromatic rings. The first-order chi connectivity index (χ1) is 37.3. The molecule has 0 aliphatic carbocycles. The number of piperazine rings is 1. The number of esters is 2. The highest BCUT2D eigenvalue weighted by molar-refractivity contribution is 6.17. The van der Waals surface area contributed by atoms with Crippen molar-refractivity contribution >= 4 is 56.1 Å². The number of furan rings is 1. The highest BCUT2D eigenvalue weighted by Gasteiger charge is 2.49. The van der Waals surface area contributed by atoms with E-state index in [1.807, 2.05) is 152 Å². The van der Waals surface area contributed by atoms with Crippen LogP contribution in [0.5, 0.6) is 5.75 Å². The molecule has 10 rings (SSSR count). The monoisotopic (exact) mass is 1020 g/mol. The number of benzene rings is 7. The molecule has 76 heavy (non-hydrogen) atoms. The Hall–Kier alpha value is -7.72. The van der Waals surface area contributed by atoms with Crippen molar-refractivity contribution in [2.45, 2.75) is 82.8 Å². The number of hydrogen-bond donors (Lipinski definition) is 0. The summed E-state index contributed by atoms with van der Waals surface area (Å²) in [5, 5.41) is 6.01. The summed E-state index contributed by atoms with van der Waals surface area (Å²) < 4.78 is 50.5. The maximum Gasteiger partial charge on any atom is 0.311 e. The highest BCUT2D eigenvalue weighted by Crippen LogP contribution is 2.35. The largest absolute Gasteiger partial charge is 0.471 e. The summed E-state index contributed by atoms with van der Waals surface area (Å²) in [7, 11) is 0. The predicted molar refractivity (Wildman–Crippen MR) is 284 cm³/mol. The van der Waals surface area contributed by atoms with Gasteiger partial charge in [-0.1, -0.05) is 152 Å². The Morgan fingerprint density at radius 2 is 0.921 bits per heavy atom. The van der Waals surface area contributed by atoms with E-state index < -0.39 is 42.6 Å². The Kier molecular flexibility index (Phi) is 17.2. The molecular formula is C62H60N2O12. The standard InChI is InChI=1S/C62H60N2O12/c65-55(63-31-33-64(34-32-63)56(66)28-30-58(68)75-49-24-21-47-22-25-51-50(52(47)35-49)26-23-48-40-69-41-53(48)51)27-29-57(67)70-42-54-59(71-36-43-13-5-1-6-14-43)60(72-37-44-15-7-2-8-16-44)61(73-38-45-17-9-3-10-18-45)62(76-54)74-39-46-19-11-4-12-20-46/h1-26,35,40-41,54,59-62H,27-34,36-39,42H2/t54-,59-,60+,61-,62?/m1/s1. The molecule has 7 aromatic carbocycles. The average molecular weight is 1030 g/mol. The number of amides is 2. The third-order valence-corrected chi connectivity index (χ3v) is 13.9. The van der Waals surface area contributed by atoms with Gasteiger partial charge >= 0.3 is 11.9 Å². The van der Waals surface area contributed by atoms with Crippen LogP contribution in [0.25, 0.3) is 32.3 Å². The Bertz CT molecular complexity index is 3200. The van der Waals surface area contributed by atoms with Gasteiger partial charge in [0, 0.05) is 49.8 Å². The number of hydrogen-bond acceptors (Lipinski definition) is 12. The van der Waals surface area contributed by atoms with E-state index in [9.17, 15) is 19.2 Å². The fourth-order valence-electron chi connectivity index (χ4n) is 9.76. The molecule has 0 bridgehead atoms. The molecule has 2 fully saturated rings. The third kappa shape index (κ3) is 13.2. The minimum Gasteiger partial charge on any atom is -0.471 e. The van der Waals surface area contributed by atoms with E-state index in [-0.39, 0.29) is 70.5 Å². The van der Waals surface area contributed by atoms with Crippen molar-refractivity contribution in [2.24, 2.45) is 0 Å². The molecule has 0 saturated carbocycles. The van der Waals surface area contributed by atoms with Crippen LogP contribution < -0.4 is 4.74 Å². The van der Waals surface area contributed by atoms with Crippen molar-refractivity contribution in [1.82, 2.24) is 9.80 Å². The van der Waals surface area contributed by atoms with Gasteiger partial charge in [0.1, 0.15) is 36.8 Å². The Morgan fingerprint density at radius 3 is 1.49 bits per heavy atom. The summed E-state index contributed by atoms with van der Waals surface area (Å²) in [5.74, 6) is -1.13. The lowest BCUT2D eigenvalue weighted by atomic mass is 9.97. The van der Waals surface area contributed by atoms with Gasteiger partial charge in [-0.05, 0) is 55.9 Å². The van der Waals surface area contributed by atoms with Crippen molar-refractivity contribution in [1.29, 1.82) is 0 Å². The Labute approximate surface area is 440 Å². The van der Waals surface area contributed by atoms with Gasteiger partial charge in [0.25, 0.3) is 0 Å². The fraction of sp³-hybridized carbons (Fsp3) is 0.290. The second-order valence-corrected chi connectivity index (χ2v) is 19.0. The summed E-state index contributed by atoms with van der Waals surface area (Å²) in [4.78, 5) is 56.5. The van der Waals surface area contributed by atoms with E-state index in [1.54, 1.807) is 28.4 Å². The average Bonchev–Trinajstić information content (AvgIpc) is 3.96. The van der Waals surface area contributed by atoms with Gasteiger partial charge in [0.05, 0.1) is 51.8 Å². The van der Waals surface area contributed by atoms with Crippen LogP contribution in [0.15, 0.2) is 181 Å². The highest BCUT2D eigenvalue weighted by atomic mass is 16.7. The molecule has 14 nitrogen and oxygen atoms in total. The molecule has 1 aromatic heterocycles. The van der Waals surface area contributed by atoms with E-state index >= 15 is 0 Å². The summed E-state index contributed by atoms with van der Waals surface area (Å²) in [6.45, 7) is 1.88. The van der Waals surface area contributed by atoms with Gasteiger partial charge < -0.3 is 47.4 Å². The molecule has 0 radical (unpaired) electrons. The smallest absolute Gasteiger partial charge is 0.311 e. The molecule has 2 aliphatic heterocycles. The number of fused-ring (bicyclic) bond motifs is 5. The van der Waals surface area contributed by atoms with E-state index in [0.29, 0.717) is 31.9 Å². The summed E-state index contributed by atoms with van der Waals surface area (Å²) in [5.41, 5.74) is 3.76. The first-order valence-electron chi connectivity index (χ1n) is 25.8. The van der Waals surface area contributed by atoms with Gasteiger partial charge in [-0.3, -0.25) is 19.2 Å². The van der Waals surface area contributed by atoms with Crippen molar-refractivity contribution in [3.63, 3.8) is 0 Å². The first-order valence-corrected chi connectivity index (χ1v) is 25.8. The maximum atomic E-state index is 13.5. The van der Waals surface area contributed by atoms with Gasteiger partial charge in [-0.25, -0.2) is 0 Å². The van der Waals surface area contributed by atoms with Gasteiger partial charge in [0.2, 0.25) is 11.8 Å². The molecule has 3 heterocycles. The van der Waals surface area contributed by atoms with Crippen LogP contribution >= 0.6 is 0 Å². The summed E-state index contributed by atoms with van der Waals surface area (Å²) >= 11 is 0. The van der Waals surface area contributed by atoms with Crippen molar-refractivity contribution < 1.29 is 56.8 Å². The molecule has 2 aliphatic rings. The topological polar surface area (TPSA) is 153 Å². The van der Waals surface area contributed by atoms with Crippen LogP contribution in [-0.2, 0) is 74.0 Å². The van der Waals surface area contributed by atoms with E-state index in [2.05, 4.69) is 6.07 Å². The van der Waals surface area contributed by atoms with Crippen molar-refractivity contribution in [3.05, 3.63) is 199 Å². The molecule has 5 atom stereocenters. The van der Waals surface area contributed by atoms with Crippen LogP contribution in [0.2, 0.25) is 0 Å². The van der Waals surface area contributed by atoms with Crippen LogP contribution in [0.4, 0.5) is 0 Å². The second-order valence-electron chi connectivity index (χ2n) is 19.0. The molecule has 2 saturated heterocycles. The Balaban J connectivity index is 0.739. The van der Waals surface area contributed by atoms with E-state index in [1.165, 1.54) is 0 Å². The predicted octanol–water partition coefficient (Wildman–Crippen LogP) is 10.1.